The van der Waals surface area contributed by atoms with Crippen molar-refractivity contribution in [2.45, 2.75) is 0 Å². The number of aromatic nitrogens is 2. The van der Waals surface area contributed by atoms with Gasteiger partial charge in [-0.25, -0.2) is 9.78 Å². The molecule has 0 unspecified atom stereocenters. The van der Waals surface area contributed by atoms with Crippen molar-refractivity contribution in [2.24, 2.45) is 0 Å². The molecule has 0 fully saturated rings. The van der Waals surface area contributed by atoms with Gasteiger partial charge in [0, 0.05) is 5.56 Å². The Morgan fingerprint density at radius 2 is 1.79 bits per heavy atom. The Hall–Kier alpha value is -2.75. The number of benzene rings is 2. The molecular weight excluding hydrogens is 240 g/mol. The first-order valence-electron chi connectivity index (χ1n) is 5.79. The molecule has 0 saturated carbocycles. The first kappa shape index (κ1) is 11.3. The second-order valence-electron chi connectivity index (χ2n) is 4.13. The van der Waals surface area contributed by atoms with E-state index in [2.05, 4.69) is 9.97 Å². The molecule has 0 amide bonds. The molecule has 2 aromatic carbocycles. The van der Waals surface area contributed by atoms with Crippen LogP contribution in [0.1, 0.15) is 10.4 Å². The van der Waals surface area contributed by atoms with Crippen LogP contribution >= 0.6 is 0 Å². The van der Waals surface area contributed by atoms with E-state index in [4.69, 9.17) is 5.11 Å². The summed E-state index contributed by atoms with van der Waals surface area (Å²) >= 11 is 0. The maximum absolute atomic E-state index is 10.9. The summed E-state index contributed by atoms with van der Waals surface area (Å²) < 4.78 is 0. The highest BCUT2D eigenvalue weighted by atomic mass is 16.4. The van der Waals surface area contributed by atoms with Crippen LogP contribution in [0.15, 0.2) is 54.7 Å². The van der Waals surface area contributed by atoms with E-state index < -0.39 is 5.97 Å². The highest BCUT2D eigenvalue weighted by Gasteiger charge is 2.06. The van der Waals surface area contributed by atoms with E-state index in [0.717, 1.165) is 11.3 Å². The highest BCUT2D eigenvalue weighted by Crippen LogP contribution is 2.19. The summed E-state index contributed by atoms with van der Waals surface area (Å²) in [5.74, 6) is -0.962. The van der Waals surface area contributed by atoms with Crippen molar-refractivity contribution in [1.82, 2.24) is 9.97 Å². The fraction of sp³-hybridized carbons (Fsp3) is 0. The molecule has 0 spiro atoms. The molecule has 4 heteroatoms. The second-order valence-corrected chi connectivity index (χ2v) is 4.13. The smallest absolute Gasteiger partial charge is 0.335 e. The number of rotatable bonds is 2. The molecule has 19 heavy (non-hydrogen) atoms. The van der Waals surface area contributed by atoms with Gasteiger partial charge in [-0.3, -0.25) is 4.98 Å². The summed E-state index contributed by atoms with van der Waals surface area (Å²) in [7, 11) is 0. The number of carboxylic acid groups (broad SMARTS) is 1. The van der Waals surface area contributed by atoms with Gasteiger partial charge in [-0.2, -0.15) is 0 Å². The zero-order chi connectivity index (χ0) is 13.2. The van der Waals surface area contributed by atoms with Gasteiger partial charge in [0.1, 0.15) is 0 Å². The predicted molar refractivity (Wildman–Crippen MR) is 71.9 cm³/mol. The van der Waals surface area contributed by atoms with Crippen LogP contribution < -0.4 is 0 Å². The average molecular weight is 250 g/mol. The molecule has 0 aliphatic carbocycles. The molecule has 3 rings (SSSR count). The van der Waals surface area contributed by atoms with Gasteiger partial charge < -0.3 is 5.11 Å². The Kier molecular flexibility index (Phi) is 2.68. The zero-order valence-corrected chi connectivity index (χ0v) is 9.95. The Labute approximate surface area is 109 Å². The van der Waals surface area contributed by atoms with Crippen LogP contribution in [0.2, 0.25) is 0 Å². The molecule has 1 heterocycles. The topological polar surface area (TPSA) is 63.1 Å². The van der Waals surface area contributed by atoms with Crippen LogP contribution in [0.25, 0.3) is 22.3 Å². The van der Waals surface area contributed by atoms with Crippen LogP contribution in [-0.4, -0.2) is 21.0 Å². The molecular formula is C15H10N2O2. The summed E-state index contributed by atoms with van der Waals surface area (Å²) in [6.07, 6.45) is 1.66. The van der Waals surface area contributed by atoms with E-state index in [0.29, 0.717) is 11.0 Å². The monoisotopic (exact) mass is 250 g/mol. The first-order chi connectivity index (χ1) is 9.24. The lowest BCUT2D eigenvalue weighted by atomic mass is 10.1. The van der Waals surface area contributed by atoms with Crippen molar-refractivity contribution >= 4 is 17.0 Å². The fourth-order valence-electron chi connectivity index (χ4n) is 1.89. The molecule has 0 bridgehead atoms. The summed E-state index contributed by atoms with van der Waals surface area (Å²) in [5.41, 5.74) is 3.25. The summed E-state index contributed by atoms with van der Waals surface area (Å²) in [6, 6.07) is 14.5. The summed E-state index contributed by atoms with van der Waals surface area (Å²) in [6.45, 7) is 0. The molecule has 0 saturated heterocycles. The van der Waals surface area contributed by atoms with Gasteiger partial charge in [0.05, 0.1) is 28.5 Å². The summed E-state index contributed by atoms with van der Waals surface area (Å²) in [4.78, 5) is 19.7. The van der Waals surface area contributed by atoms with Crippen molar-refractivity contribution in [3.63, 3.8) is 0 Å². The van der Waals surface area contributed by atoms with E-state index in [9.17, 15) is 4.79 Å². The normalized spacial score (nSPS) is 10.5. The van der Waals surface area contributed by atoms with Gasteiger partial charge in [-0.1, -0.05) is 30.3 Å². The molecule has 0 aliphatic heterocycles. The minimum atomic E-state index is -0.962. The largest absolute Gasteiger partial charge is 0.478 e. The molecule has 3 aromatic rings. The van der Waals surface area contributed by atoms with E-state index >= 15 is 0 Å². The van der Waals surface area contributed by atoms with Crippen LogP contribution in [0.5, 0.6) is 0 Å². The van der Waals surface area contributed by atoms with Crippen molar-refractivity contribution in [2.75, 3.05) is 0 Å². The number of hydrogen-bond donors (Lipinski definition) is 1. The van der Waals surface area contributed by atoms with Crippen molar-refractivity contribution in [1.29, 1.82) is 0 Å². The minimum absolute atomic E-state index is 0.217. The predicted octanol–water partition coefficient (Wildman–Crippen LogP) is 3.00. The van der Waals surface area contributed by atoms with Crippen LogP contribution in [0, 0.1) is 0 Å². The van der Waals surface area contributed by atoms with Crippen molar-refractivity contribution in [3.8, 4) is 11.3 Å². The van der Waals surface area contributed by atoms with Gasteiger partial charge in [0.15, 0.2) is 0 Å². The number of hydrogen-bond acceptors (Lipinski definition) is 3. The third kappa shape index (κ3) is 2.15. The Morgan fingerprint density at radius 1 is 1.00 bits per heavy atom. The molecule has 92 valence electrons. The number of fused-ring (bicyclic) bond motifs is 1. The number of carboxylic acids is 1. The van der Waals surface area contributed by atoms with Crippen LogP contribution in [0.3, 0.4) is 0 Å². The van der Waals surface area contributed by atoms with E-state index in [1.807, 2.05) is 30.3 Å². The minimum Gasteiger partial charge on any atom is -0.478 e. The van der Waals surface area contributed by atoms with Gasteiger partial charge >= 0.3 is 5.97 Å². The first-order valence-corrected chi connectivity index (χ1v) is 5.79. The lowest BCUT2D eigenvalue weighted by Gasteiger charge is -2.03. The van der Waals surface area contributed by atoms with Gasteiger partial charge in [0.2, 0.25) is 0 Å². The van der Waals surface area contributed by atoms with E-state index in [1.54, 1.807) is 12.3 Å². The van der Waals surface area contributed by atoms with E-state index in [1.165, 1.54) is 12.1 Å². The van der Waals surface area contributed by atoms with Gasteiger partial charge in [-0.15, -0.1) is 0 Å². The quantitative estimate of drug-likeness (QED) is 0.759. The van der Waals surface area contributed by atoms with Gasteiger partial charge in [-0.05, 0) is 18.2 Å². The fourth-order valence-corrected chi connectivity index (χ4v) is 1.89. The van der Waals surface area contributed by atoms with E-state index in [-0.39, 0.29) is 5.56 Å². The Balaban J connectivity index is 2.12. The second kappa shape index (κ2) is 4.49. The van der Waals surface area contributed by atoms with Crippen LogP contribution in [-0.2, 0) is 0 Å². The lowest BCUT2D eigenvalue weighted by molar-refractivity contribution is 0.0697. The Bertz CT molecular complexity index is 754. The molecule has 1 N–H and O–H groups in total. The Morgan fingerprint density at radius 3 is 2.53 bits per heavy atom. The maximum atomic E-state index is 10.9. The molecule has 0 aliphatic rings. The van der Waals surface area contributed by atoms with Crippen LogP contribution in [0.4, 0.5) is 0 Å². The molecule has 1 aromatic heterocycles. The number of aromatic carboxylic acids is 1. The maximum Gasteiger partial charge on any atom is 0.335 e. The highest BCUT2D eigenvalue weighted by molar-refractivity contribution is 5.92. The zero-order valence-electron chi connectivity index (χ0n) is 9.95. The third-order valence-corrected chi connectivity index (χ3v) is 2.86. The van der Waals surface area contributed by atoms with Crippen molar-refractivity contribution in [3.05, 3.63) is 60.3 Å². The molecule has 0 atom stereocenters. The van der Waals surface area contributed by atoms with Gasteiger partial charge in [0.25, 0.3) is 0 Å². The summed E-state index contributed by atoms with van der Waals surface area (Å²) in [5, 5.41) is 8.93. The number of nitrogens with zero attached hydrogens (tertiary/aromatic N) is 2. The molecule has 4 nitrogen and oxygen atoms in total. The van der Waals surface area contributed by atoms with Crippen molar-refractivity contribution < 1.29 is 9.90 Å². The third-order valence-electron chi connectivity index (χ3n) is 2.86. The molecule has 0 radical (unpaired) electrons. The lowest BCUT2D eigenvalue weighted by Crippen LogP contribution is -1.97. The number of carbonyl (C=O) groups is 1. The SMILES string of the molecule is O=C(O)c1ccc2nc(-c3ccccc3)cnc2c1. The average Bonchev–Trinajstić information content (AvgIpc) is 2.47. The standard InChI is InChI=1S/C15H10N2O2/c18-15(19)11-6-7-12-13(8-11)16-9-14(17-12)10-4-2-1-3-5-10/h1-9H,(H,18,19).